The van der Waals surface area contributed by atoms with Crippen molar-refractivity contribution in [2.75, 3.05) is 0 Å². The minimum Gasteiger partial charge on any atom is -0.0991 e. The average Bonchev–Trinajstić information content (AvgIpc) is 2.93. The Hall–Kier alpha value is -0.520. The first-order chi connectivity index (χ1) is 18.9. The van der Waals surface area contributed by atoms with Crippen LogP contribution in [-0.4, -0.2) is 0 Å². The molecule has 0 aliphatic heterocycles. The molecule has 0 aromatic heterocycles. The van der Waals surface area contributed by atoms with Gasteiger partial charge in [-0.15, -0.1) is 0 Å². The molecule has 0 saturated carbocycles. The van der Waals surface area contributed by atoms with Gasteiger partial charge in [0.05, 0.1) is 0 Å². The summed E-state index contributed by atoms with van der Waals surface area (Å²) in [6, 6.07) is 0. The Morgan fingerprint density at radius 3 is 0.737 bits per heavy atom. The first-order valence-corrected chi connectivity index (χ1v) is 18.2. The number of unbranched alkanes of at least 4 members (excludes halogenated alkanes) is 32. The minimum atomic E-state index is 1.23. The Kier molecular flexibility index (Phi) is 36.0. The molecule has 0 fully saturated rings. The minimum absolute atomic E-state index is 1.23. The largest absolute Gasteiger partial charge is 0.0991 e. The summed E-state index contributed by atoms with van der Waals surface area (Å²) in [4.78, 5) is 0. The second-order valence-electron chi connectivity index (χ2n) is 12.4. The monoisotopic (exact) mass is 531 g/mol. The summed E-state index contributed by atoms with van der Waals surface area (Å²) < 4.78 is 0. The van der Waals surface area contributed by atoms with Crippen molar-refractivity contribution < 1.29 is 0 Å². The van der Waals surface area contributed by atoms with E-state index in [1.165, 1.54) is 212 Å². The fraction of sp³-hybridized carbons (Fsp3) is 0.895. The third kappa shape index (κ3) is 35.5. The van der Waals surface area contributed by atoms with Gasteiger partial charge in [0.25, 0.3) is 0 Å². The maximum atomic E-state index is 3.72. The van der Waals surface area contributed by atoms with E-state index < -0.39 is 0 Å². The molecule has 0 rings (SSSR count). The van der Waals surface area contributed by atoms with E-state index in [9.17, 15) is 0 Å². The molecule has 0 radical (unpaired) electrons. The van der Waals surface area contributed by atoms with Gasteiger partial charge in [0.15, 0.2) is 0 Å². The van der Waals surface area contributed by atoms with Crippen LogP contribution in [0.15, 0.2) is 24.8 Å². The Morgan fingerprint density at radius 2 is 0.526 bits per heavy atom. The highest BCUT2D eigenvalue weighted by molar-refractivity contribution is 4.96. The van der Waals surface area contributed by atoms with Crippen molar-refractivity contribution in [3.05, 3.63) is 24.8 Å². The van der Waals surface area contributed by atoms with E-state index in [-0.39, 0.29) is 0 Å². The number of rotatable bonds is 34. The van der Waals surface area contributed by atoms with Crippen LogP contribution in [0.25, 0.3) is 0 Å². The van der Waals surface area contributed by atoms with E-state index in [1.807, 2.05) is 6.08 Å². The molecule has 0 aliphatic carbocycles. The molecule has 0 unspecified atom stereocenters. The van der Waals surface area contributed by atoms with E-state index in [1.54, 1.807) is 0 Å². The smallest absolute Gasteiger partial charge is 0.0348 e. The molecule has 0 aromatic rings. The van der Waals surface area contributed by atoms with Crippen molar-refractivity contribution in [1.29, 1.82) is 0 Å². The van der Waals surface area contributed by atoms with Crippen LogP contribution in [0.2, 0.25) is 0 Å². The summed E-state index contributed by atoms with van der Waals surface area (Å²) in [5.74, 6) is 0. The van der Waals surface area contributed by atoms with Crippen molar-refractivity contribution in [2.45, 2.75) is 219 Å². The van der Waals surface area contributed by atoms with Gasteiger partial charge in [0.2, 0.25) is 0 Å². The maximum absolute atomic E-state index is 3.72. The molecular formula is C38H74. The van der Waals surface area contributed by atoms with E-state index in [0.717, 1.165) is 0 Å². The molecule has 0 atom stereocenters. The molecule has 0 aromatic carbocycles. The van der Waals surface area contributed by atoms with Gasteiger partial charge in [0.1, 0.15) is 0 Å². The molecule has 0 bridgehead atoms. The normalized spacial score (nSPS) is 11.6. The van der Waals surface area contributed by atoms with Crippen LogP contribution in [0.1, 0.15) is 219 Å². The summed E-state index contributed by atoms with van der Waals surface area (Å²) in [6.45, 7) is 6.02. The predicted octanol–water partition coefficient (Wildman–Crippen LogP) is 14.6. The molecular weight excluding hydrogens is 456 g/mol. The van der Waals surface area contributed by atoms with Gasteiger partial charge >= 0.3 is 0 Å². The zero-order valence-corrected chi connectivity index (χ0v) is 26.8. The Morgan fingerprint density at radius 1 is 0.316 bits per heavy atom. The van der Waals surface area contributed by atoms with Gasteiger partial charge < -0.3 is 0 Å². The quantitative estimate of drug-likeness (QED) is 0.0573. The SMILES string of the molecule is C=C/C=C/CCCCCCCCCCCCCCCCCCCCCCCCCCCCCCCCCC. The first-order valence-electron chi connectivity index (χ1n) is 18.2. The number of hydrogen-bond acceptors (Lipinski definition) is 0. The molecule has 0 saturated heterocycles. The topological polar surface area (TPSA) is 0 Å². The van der Waals surface area contributed by atoms with E-state index >= 15 is 0 Å². The van der Waals surface area contributed by atoms with Gasteiger partial charge in [-0.2, -0.15) is 0 Å². The van der Waals surface area contributed by atoms with E-state index in [2.05, 4.69) is 25.7 Å². The Labute approximate surface area is 243 Å². The highest BCUT2D eigenvalue weighted by Gasteiger charge is 1.97. The summed E-state index contributed by atoms with van der Waals surface area (Å²) in [7, 11) is 0. The zero-order valence-electron chi connectivity index (χ0n) is 26.8. The van der Waals surface area contributed by atoms with Crippen LogP contribution < -0.4 is 0 Å². The fourth-order valence-corrected chi connectivity index (χ4v) is 5.83. The lowest BCUT2D eigenvalue weighted by Gasteiger charge is -2.04. The molecule has 0 heteroatoms. The molecule has 0 amide bonds. The van der Waals surface area contributed by atoms with Crippen LogP contribution in [0.3, 0.4) is 0 Å². The molecule has 0 heterocycles. The molecule has 38 heavy (non-hydrogen) atoms. The van der Waals surface area contributed by atoms with Crippen LogP contribution in [0, 0.1) is 0 Å². The van der Waals surface area contributed by atoms with Crippen LogP contribution in [0.4, 0.5) is 0 Å². The molecule has 0 N–H and O–H groups in total. The first kappa shape index (κ1) is 37.5. The van der Waals surface area contributed by atoms with Gasteiger partial charge in [-0.3, -0.25) is 0 Å². The van der Waals surface area contributed by atoms with Crippen LogP contribution in [-0.2, 0) is 0 Å². The zero-order chi connectivity index (χ0) is 27.5. The van der Waals surface area contributed by atoms with Crippen molar-refractivity contribution in [1.82, 2.24) is 0 Å². The lowest BCUT2D eigenvalue weighted by molar-refractivity contribution is 0.512. The summed E-state index contributed by atoms with van der Waals surface area (Å²) in [6.07, 6.45) is 54.5. The van der Waals surface area contributed by atoms with Gasteiger partial charge in [-0.25, -0.2) is 0 Å². The molecule has 226 valence electrons. The lowest BCUT2D eigenvalue weighted by atomic mass is 10.0. The third-order valence-electron chi connectivity index (χ3n) is 8.50. The van der Waals surface area contributed by atoms with Crippen molar-refractivity contribution in [2.24, 2.45) is 0 Å². The second kappa shape index (κ2) is 36.5. The Bertz CT molecular complexity index is 433. The summed E-state index contributed by atoms with van der Waals surface area (Å²) in [5, 5.41) is 0. The lowest BCUT2D eigenvalue weighted by Crippen LogP contribution is -1.85. The number of allylic oxidation sites excluding steroid dienone is 3. The van der Waals surface area contributed by atoms with Crippen molar-refractivity contribution in [3.63, 3.8) is 0 Å². The average molecular weight is 531 g/mol. The standard InChI is InChI=1S/C38H74/c1-3-5-7-9-11-13-15-17-19-21-23-25-27-29-31-33-35-37-38-36-34-32-30-28-26-24-22-20-18-16-14-12-10-8-6-4-2/h3,5,7H,1,4,6,8-38H2,2H3/b7-5+. The van der Waals surface area contributed by atoms with Gasteiger partial charge in [-0.05, 0) is 12.8 Å². The summed E-state index contributed by atoms with van der Waals surface area (Å²) in [5.41, 5.74) is 0. The van der Waals surface area contributed by atoms with E-state index in [4.69, 9.17) is 0 Å². The van der Waals surface area contributed by atoms with Crippen LogP contribution in [0.5, 0.6) is 0 Å². The van der Waals surface area contributed by atoms with Gasteiger partial charge in [-0.1, -0.05) is 231 Å². The predicted molar refractivity (Wildman–Crippen MR) is 177 cm³/mol. The summed E-state index contributed by atoms with van der Waals surface area (Å²) >= 11 is 0. The van der Waals surface area contributed by atoms with Crippen LogP contribution >= 0.6 is 0 Å². The van der Waals surface area contributed by atoms with E-state index in [0.29, 0.717) is 0 Å². The highest BCUT2D eigenvalue weighted by atomic mass is 14.0. The Balaban J connectivity index is 3.03. The maximum Gasteiger partial charge on any atom is -0.0348 e. The van der Waals surface area contributed by atoms with Gasteiger partial charge in [0, 0.05) is 0 Å². The second-order valence-corrected chi connectivity index (χ2v) is 12.4. The molecule has 0 nitrogen and oxygen atoms in total. The highest BCUT2D eigenvalue weighted by Crippen LogP contribution is 2.17. The third-order valence-corrected chi connectivity index (χ3v) is 8.50. The molecule has 0 aliphatic rings. The number of hydrogen-bond donors (Lipinski definition) is 0. The van der Waals surface area contributed by atoms with Crippen molar-refractivity contribution >= 4 is 0 Å². The molecule has 0 spiro atoms. The fourth-order valence-electron chi connectivity index (χ4n) is 5.83. The van der Waals surface area contributed by atoms with Crippen molar-refractivity contribution in [3.8, 4) is 0 Å².